The van der Waals surface area contributed by atoms with Crippen molar-refractivity contribution >= 4 is 28.6 Å². The number of carbonyl (C=O) groups excluding carboxylic acids is 2. The number of hydrogen-bond donors (Lipinski definition) is 1. The fourth-order valence-corrected chi connectivity index (χ4v) is 3.77. The maximum atomic E-state index is 13.4. The number of nitrogens with one attached hydrogen (secondary N) is 1. The van der Waals surface area contributed by atoms with Crippen LogP contribution in [0.2, 0.25) is 0 Å². The van der Waals surface area contributed by atoms with Gasteiger partial charge in [0.05, 0.1) is 28.9 Å². The number of benzene rings is 2. The predicted octanol–water partition coefficient (Wildman–Crippen LogP) is 4.78. The Bertz CT molecular complexity index is 1330. The van der Waals surface area contributed by atoms with Gasteiger partial charge >= 0.3 is 0 Å². The smallest absolute Gasteiger partial charge is 0.259 e. The molecule has 7 heteroatoms. The molecule has 2 aromatic heterocycles. The first kappa shape index (κ1) is 22.2. The molecular formula is C26H26N4O3. The van der Waals surface area contributed by atoms with Gasteiger partial charge in [0.2, 0.25) is 5.91 Å². The molecule has 0 aliphatic carbocycles. The van der Waals surface area contributed by atoms with Crippen LogP contribution in [0.5, 0.6) is 0 Å². The zero-order chi connectivity index (χ0) is 23.5. The summed E-state index contributed by atoms with van der Waals surface area (Å²) < 4.78 is 5.38. The maximum absolute atomic E-state index is 13.4. The topological polar surface area (TPSA) is 88.3 Å². The lowest BCUT2D eigenvalue weighted by Gasteiger charge is -2.18. The molecule has 0 atom stereocenters. The fraction of sp³-hybridized carbons (Fsp3) is 0.231. The SMILES string of the molecule is CCc1ccccc1NC(=O)CN(C)C(=O)c1cc(-c2ccc(C)cc2)nc2onc(C)c12. The third-order valence-corrected chi connectivity index (χ3v) is 5.59. The van der Waals surface area contributed by atoms with Crippen molar-refractivity contribution in [2.24, 2.45) is 0 Å². The average Bonchev–Trinajstić information content (AvgIpc) is 3.19. The Labute approximate surface area is 192 Å². The monoisotopic (exact) mass is 442 g/mol. The van der Waals surface area contributed by atoms with E-state index >= 15 is 0 Å². The number of para-hydroxylation sites is 1. The van der Waals surface area contributed by atoms with E-state index in [1.165, 1.54) is 4.90 Å². The molecule has 7 nitrogen and oxygen atoms in total. The Morgan fingerprint density at radius 2 is 1.79 bits per heavy atom. The summed E-state index contributed by atoms with van der Waals surface area (Å²) in [4.78, 5) is 32.0. The average molecular weight is 443 g/mol. The Hall–Kier alpha value is -4.00. The van der Waals surface area contributed by atoms with Gasteiger partial charge in [-0.05, 0) is 38.0 Å². The number of nitrogens with zero attached hydrogens (tertiary/aromatic N) is 3. The van der Waals surface area contributed by atoms with Crippen LogP contribution in [-0.4, -0.2) is 40.4 Å². The van der Waals surface area contributed by atoms with Crippen molar-refractivity contribution in [2.75, 3.05) is 18.9 Å². The number of aryl methyl sites for hydroxylation is 3. The van der Waals surface area contributed by atoms with Crippen molar-refractivity contribution in [1.82, 2.24) is 15.0 Å². The van der Waals surface area contributed by atoms with Gasteiger partial charge in [-0.2, -0.15) is 0 Å². The van der Waals surface area contributed by atoms with Crippen molar-refractivity contribution in [2.45, 2.75) is 27.2 Å². The highest BCUT2D eigenvalue weighted by atomic mass is 16.5. The van der Waals surface area contributed by atoms with Gasteiger partial charge in [-0.15, -0.1) is 0 Å². The number of rotatable bonds is 6. The van der Waals surface area contributed by atoms with E-state index in [-0.39, 0.29) is 18.4 Å². The van der Waals surface area contributed by atoms with Crippen LogP contribution in [-0.2, 0) is 11.2 Å². The summed E-state index contributed by atoms with van der Waals surface area (Å²) in [6, 6.07) is 17.2. The van der Waals surface area contributed by atoms with Gasteiger partial charge in [-0.3, -0.25) is 9.59 Å². The molecule has 0 saturated carbocycles. The van der Waals surface area contributed by atoms with Crippen LogP contribution in [0.3, 0.4) is 0 Å². The van der Waals surface area contributed by atoms with Crippen molar-refractivity contribution in [3.8, 4) is 11.3 Å². The van der Waals surface area contributed by atoms with E-state index in [1.54, 1.807) is 20.0 Å². The van der Waals surface area contributed by atoms with E-state index < -0.39 is 0 Å². The largest absolute Gasteiger partial charge is 0.335 e. The lowest BCUT2D eigenvalue weighted by Crippen LogP contribution is -2.35. The molecule has 0 saturated heterocycles. The molecule has 4 aromatic rings. The molecule has 0 aliphatic rings. The number of hydrogen-bond acceptors (Lipinski definition) is 5. The van der Waals surface area contributed by atoms with Crippen LogP contribution in [0.25, 0.3) is 22.4 Å². The van der Waals surface area contributed by atoms with Gasteiger partial charge in [-0.25, -0.2) is 4.98 Å². The number of fused-ring (bicyclic) bond motifs is 1. The van der Waals surface area contributed by atoms with E-state index in [0.29, 0.717) is 28.1 Å². The number of anilines is 1. The highest BCUT2D eigenvalue weighted by Gasteiger charge is 2.23. The van der Waals surface area contributed by atoms with Crippen LogP contribution >= 0.6 is 0 Å². The zero-order valence-electron chi connectivity index (χ0n) is 19.2. The van der Waals surface area contributed by atoms with Crippen molar-refractivity contribution < 1.29 is 14.1 Å². The Kier molecular flexibility index (Phi) is 6.22. The van der Waals surface area contributed by atoms with Crippen LogP contribution in [0.1, 0.15) is 34.1 Å². The first-order chi connectivity index (χ1) is 15.9. The van der Waals surface area contributed by atoms with E-state index in [9.17, 15) is 9.59 Å². The second-order valence-corrected chi connectivity index (χ2v) is 8.09. The molecule has 0 bridgehead atoms. The van der Waals surface area contributed by atoms with Crippen molar-refractivity contribution in [3.05, 3.63) is 77.0 Å². The summed E-state index contributed by atoms with van der Waals surface area (Å²) in [5.74, 6) is -0.571. The minimum Gasteiger partial charge on any atom is -0.335 e. The summed E-state index contributed by atoms with van der Waals surface area (Å²) in [6.07, 6.45) is 0.800. The summed E-state index contributed by atoms with van der Waals surface area (Å²) >= 11 is 0. The second-order valence-electron chi connectivity index (χ2n) is 8.09. The molecule has 0 spiro atoms. The van der Waals surface area contributed by atoms with E-state index in [1.807, 2.05) is 62.4 Å². The van der Waals surface area contributed by atoms with Crippen LogP contribution in [0.4, 0.5) is 5.69 Å². The molecule has 2 amide bonds. The highest BCUT2D eigenvalue weighted by molar-refractivity contribution is 6.08. The van der Waals surface area contributed by atoms with Crippen LogP contribution in [0.15, 0.2) is 59.1 Å². The number of aromatic nitrogens is 2. The molecule has 0 fully saturated rings. The van der Waals surface area contributed by atoms with Gasteiger partial charge in [0.1, 0.15) is 0 Å². The third kappa shape index (κ3) is 4.62. The summed E-state index contributed by atoms with van der Waals surface area (Å²) in [5.41, 5.74) is 5.67. The molecule has 4 rings (SSSR count). The first-order valence-corrected chi connectivity index (χ1v) is 10.8. The zero-order valence-corrected chi connectivity index (χ0v) is 19.2. The van der Waals surface area contributed by atoms with Crippen LogP contribution < -0.4 is 5.32 Å². The molecule has 0 unspecified atom stereocenters. The minimum atomic E-state index is -0.305. The molecular weight excluding hydrogens is 416 g/mol. The normalized spacial score (nSPS) is 10.9. The number of likely N-dealkylation sites (N-methyl/N-ethyl adjacent to an activating group) is 1. The number of pyridine rings is 1. The molecule has 2 aromatic carbocycles. The number of carbonyl (C=O) groups is 2. The van der Waals surface area contributed by atoms with Gasteiger partial charge in [0.15, 0.2) is 0 Å². The van der Waals surface area contributed by atoms with E-state index in [2.05, 4.69) is 15.5 Å². The number of amides is 2. The second kappa shape index (κ2) is 9.24. The lowest BCUT2D eigenvalue weighted by atomic mass is 10.0. The van der Waals surface area contributed by atoms with Crippen molar-refractivity contribution in [1.29, 1.82) is 0 Å². The van der Waals surface area contributed by atoms with Gasteiger partial charge in [0.25, 0.3) is 11.6 Å². The van der Waals surface area contributed by atoms with Crippen LogP contribution in [0, 0.1) is 13.8 Å². The maximum Gasteiger partial charge on any atom is 0.259 e. The Morgan fingerprint density at radius 3 is 2.52 bits per heavy atom. The quantitative estimate of drug-likeness (QED) is 0.464. The molecule has 2 heterocycles. The lowest BCUT2D eigenvalue weighted by molar-refractivity contribution is -0.116. The van der Waals surface area contributed by atoms with E-state index in [4.69, 9.17) is 4.52 Å². The predicted molar refractivity (Wildman–Crippen MR) is 128 cm³/mol. The summed E-state index contributed by atoms with van der Waals surface area (Å²) in [7, 11) is 1.61. The Morgan fingerprint density at radius 1 is 1.06 bits per heavy atom. The molecule has 168 valence electrons. The highest BCUT2D eigenvalue weighted by Crippen LogP contribution is 2.28. The molecule has 0 radical (unpaired) electrons. The minimum absolute atomic E-state index is 0.0924. The fourth-order valence-electron chi connectivity index (χ4n) is 3.77. The van der Waals surface area contributed by atoms with Crippen molar-refractivity contribution in [3.63, 3.8) is 0 Å². The molecule has 33 heavy (non-hydrogen) atoms. The molecule has 0 aliphatic heterocycles. The first-order valence-electron chi connectivity index (χ1n) is 10.8. The third-order valence-electron chi connectivity index (χ3n) is 5.59. The summed E-state index contributed by atoms with van der Waals surface area (Å²) in [6.45, 7) is 5.71. The standard InChI is InChI=1S/C26H26N4O3/c1-5-18-8-6-7-9-21(18)27-23(31)15-30(4)26(32)20-14-22(19-12-10-16(2)11-13-19)28-25-24(20)17(3)29-33-25/h6-14H,5,15H2,1-4H3,(H,27,31). The van der Waals surface area contributed by atoms with Gasteiger partial charge in [-0.1, -0.05) is 60.1 Å². The molecule has 1 N–H and O–H groups in total. The summed E-state index contributed by atoms with van der Waals surface area (Å²) in [5, 5.41) is 7.46. The van der Waals surface area contributed by atoms with E-state index in [0.717, 1.165) is 28.8 Å². The van der Waals surface area contributed by atoms with Gasteiger partial charge in [0, 0.05) is 18.3 Å². The Balaban J connectivity index is 1.62. The van der Waals surface area contributed by atoms with Gasteiger partial charge < -0.3 is 14.7 Å².